The fourth-order valence-electron chi connectivity index (χ4n) is 2.05. The molecule has 0 heterocycles. The zero-order chi connectivity index (χ0) is 18.5. The quantitative estimate of drug-likeness (QED) is 0.366. The summed E-state index contributed by atoms with van der Waals surface area (Å²) >= 11 is 0. The van der Waals surface area contributed by atoms with Gasteiger partial charge in [0.15, 0.2) is 0 Å². The second kappa shape index (κ2) is 11.9. The number of nitriles is 1. The average molecular weight is 345 g/mol. The molecule has 0 spiro atoms. The van der Waals surface area contributed by atoms with Gasteiger partial charge in [-0.1, -0.05) is 19.4 Å². The SMILES string of the molecule is CCCCOCCCNC(=O)/C(C#N)=C\Nc1cc(C)ccc1OC. The molecular weight excluding hydrogens is 318 g/mol. The Morgan fingerprint density at radius 1 is 1.32 bits per heavy atom. The van der Waals surface area contributed by atoms with Gasteiger partial charge in [-0.15, -0.1) is 0 Å². The van der Waals surface area contributed by atoms with Gasteiger partial charge in [-0.05, 0) is 37.5 Å². The summed E-state index contributed by atoms with van der Waals surface area (Å²) in [5.74, 6) is 0.235. The lowest BCUT2D eigenvalue weighted by atomic mass is 10.2. The number of amides is 1. The zero-order valence-electron chi connectivity index (χ0n) is 15.2. The third-order valence-corrected chi connectivity index (χ3v) is 3.49. The van der Waals surface area contributed by atoms with Gasteiger partial charge in [0.2, 0.25) is 0 Å². The third kappa shape index (κ3) is 7.73. The summed E-state index contributed by atoms with van der Waals surface area (Å²) < 4.78 is 10.7. The number of unbranched alkanes of at least 4 members (excludes halogenated alkanes) is 1. The highest BCUT2D eigenvalue weighted by molar-refractivity contribution is 5.97. The molecular formula is C19H27N3O3. The van der Waals surface area contributed by atoms with Crippen molar-refractivity contribution in [3.8, 4) is 11.8 Å². The summed E-state index contributed by atoms with van der Waals surface area (Å²) in [6.07, 6.45) is 4.26. The summed E-state index contributed by atoms with van der Waals surface area (Å²) in [4.78, 5) is 12.0. The lowest BCUT2D eigenvalue weighted by Gasteiger charge is -2.10. The van der Waals surface area contributed by atoms with E-state index in [4.69, 9.17) is 9.47 Å². The molecule has 6 nitrogen and oxygen atoms in total. The molecule has 1 rings (SSSR count). The Hall–Kier alpha value is -2.52. The minimum Gasteiger partial charge on any atom is -0.495 e. The molecule has 0 atom stereocenters. The highest BCUT2D eigenvalue weighted by atomic mass is 16.5. The van der Waals surface area contributed by atoms with Gasteiger partial charge in [0.1, 0.15) is 17.4 Å². The Morgan fingerprint density at radius 3 is 2.76 bits per heavy atom. The van der Waals surface area contributed by atoms with E-state index in [1.54, 1.807) is 7.11 Å². The molecule has 1 aromatic rings. The van der Waals surface area contributed by atoms with Crippen LogP contribution in [0.4, 0.5) is 5.69 Å². The second-order valence-corrected chi connectivity index (χ2v) is 5.59. The molecule has 0 saturated heterocycles. The number of nitrogens with zero attached hydrogens (tertiary/aromatic N) is 1. The lowest BCUT2D eigenvalue weighted by Crippen LogP contribution is -2.26. The van der Waals surface area contributed by atoms with E-state index in [9.17, 15) is 10.1 Å². The molecule has 0 bridgehead atoms. The Balaban J connectivity index is 2.49. The minimum absolute atomic E-state index is 0.00969. The number of hydrogen-bond donors (Lipinski definition) is 2. The van der Waals surface area contributed by atoms with Crippen molar-refractivity contribution in [1.82, 2.24) is 5.32 Å². The molecule has 0 unspecified atom stereocenters. The van der Waals surface area contributed by atoms with Crippen molar-refractivity contribution < 1.29 is 14.3 Å². The molecule has 1 aromatic carbocycles. The fraction of sp³-hybridized carbons (Fsp3) is 0.474. The molecule has 0 aliphatic heterocycles. The summed E-state index contributed by atoms with van der Waals surface area (Å²) in [6.45, 7) is 5.88. The maximum absolute atomic E-state index is 12.0. The maximum Gasteiger partial charge on any atom is 0.263 e. The monoisotopic (exact) mass is 345 g/mol. The number of anilines is 1. The number of hydrogen-bond acceptors (Lipinski definition) is 5. The van der Waals surface area contributed by atoms with Crippen molar-refractivity contribution in [2.45, 2.75) is 33.1 Å². The van der Waals surface area contributed by atoms with Gasteiger partial charge < -0.3 is 20.1 Å². The van der Waals surface area contributed by atoms with E-state index in [-0.39, 0.29) is 5.57 Å². The topological polar surface area (TPSA) is 83.4 Å². The van der Waals surface area contributed by atoms with Crippen LogP contribution in [0.5, 0.6) is 5.75 Å². The number of benzene rings is 1. The largest absolute Gasteiger partial charge is 0.495 e. The van der Waals surface area contributed by atoms with Gasteiger partial charge in [-0.3, -0.25) is 4.79 Å². The second-order valence-electron chi connectivity index (χ2n) is 5.59. The molecule has 0 aromatic heterocycles. The van der Waals surface area contributed by atoms with Crippen molar-refractivity contribution in [3.05, 3.63) is 35.5 Å². The first-order valence-electron chi connectivity index (χ1n) is 8.49. The lowest BCUT2D eigenvalue weighted by molar-refractivity contribution is -0.117. The van der Waals surface area contributed by atoms with Gasteiger partial charge in [-0.2, -0.15) is 5.26 Å². The average Bonchev–Trinajstić information content (AvgIpc) is 2.61. The molecule has 0 aliphatic rings. The van der Waals surface area contributed by atoms with Crippen LogP contribution in [-0.4, -0.2) is 32.8 Å². The van der Waals surface area contributed by atoms with E-state index in [0.717, 1.165) is 25.0 Å². The van der Waals surface area contributed by atoms with E-state index >= 15 is 0 Å². The molecule has 0 saturated carbocycles. The van der Waals surface area contributed by atoms with Gasteiger partial charge >= 0.3 is 0 Å². The van der Waals surface area contributed by atoms with Crippen LogP contribution >= 0.6 is 0 Å². The van der Waals surface area contributed by atoms with Crippen LogP contribution in [0.1, 0.15) is 31.7 Å². The van der Waals surface area contributed by atoms with Crippen molar-refractivity contribution >= 4 is 11.6 Å². The number of ether oxygens (including phenoxy) is 2. The van der Waals surface area contributed by atoms with E-state index in [1.807, 2.05) is 31.2 Å². The van der Waals surface area contributed by atoms with E-state index in [0.29, 0.717) is 31.0 Å². The van der Waals surface area contributed by atoms with Crippen LogP contribution in [-0.2, 0) is 9.53 Å². The minimum atomic E-state index is -0.407. The Kier molecular flexibility index (Phi) is 9.79. The molecule has 0 fully saturated rings. The molecule has 0 radical (unpaired) electrons. The van der Waals surface area contributed by atoms with Crippen LogP contribution in [0.25, 0.3) is 0 Å². The van der Waals surface area contributed by atoms with E-state index < -0.39 is 5.91 Å². The normalized spacial score (nSPS) is 10.9. The molecule has 6 heteroatoms. The Labute approximate surface area is 149 Å². The first-order valence-corrected chi connectivity index (χ1v) is 8.49. The highest BCUT2D eigenvalue weighted by Gasteiger charge is 2.09. The van der Waals surface area contributed by atoms with E-state index in [1.165, 1.54) is 6.20 Å². The number of rotatable bonds is 11. The van der Waals surface area contributed by atoms with Crippen LogP contribution in [0, 0.1) is 18.3 Å². The first kappa shape index (κ1) is 20.5. The molecule has 1 amide bonds. The van der Waals surface area contributed by atoms with Gasteiger partial charge in [0, 0.05) is 26.0 Å². The summed E-state index contributed by atoms with van der Waals surface area (Å²) in [7, 11) is 1.57. The predicted molar refractivity (Wildman–Crippen MR) is 98.4 cm³/mol. The van der Waals surface area contributed by atoms with E-state index in [2.05, 4.69) is 17.6 Å². The summed E-state index contributed by atoms with van der Waals surface area (Å²) in [6, 6.07) is 7.55. The Morgan fingerprint density at radius 2 is 2.08 bits per heavy atom. The standard InChI is InChI=1S/C19H27N3O3/c1-4-5-10-25-11-6-9-21-19(23)16(13-20)14-22-17-12-15(2)7-8-18(17)24-3/h7-8,12,14,22H,4-6,9-11H2,1-3H3,(H,21,23)/b16-14-. The Bertz CT molecular complexity index is 621. The zero-order valence-corrected chi connectivity index (χ0v) is 15.2. The van der Waals surface area contributed by atoms with Gasteiger partial charge in [0.05, 0.1) is 12.8 Å². The smallest absolute Gasteiger partial charge is 0.263 e. The molecule has 2 N–H and O–H groups in total. The van der Waals surface area contributed by atoms with Crippen LogP contribution < -0.4 is 15.4 Å². The third-order valence-electron chi connectivity index (χ3n) is 3.49. The number of nitrogens with one attached hydrogen (secondary N) is 2. The molecule has 136 valence electrons. The number of methoxy groups -OCH3 is 1. The number of carbonyl (C=O) groups is 1. The number of aryl methyl sites for hydroxylation is 1. The number of carbonyl (C=O) groups excluding carboxylic acids is 1. The molecule has 25 heavy (non-hydrogen) atoms. The van der Waals surface area contributed by atoms with Crippen molar-refractivity contribution in [3.63, 3.8) is 0 Å². The summed E-state index contributed by atoms with van der Waals surface area (Å²) in [5, 5.41) is 14.9. The summed E-state index contributed by atoms with van der Waals surface area (Å²) in [5.41, 5.74) is 1.76. The van der Waals surface area contributed by atoms with Crippen molar-refractivity contribution in [1.29, 1.82) is 5.26 Å². The molecule has 0 aliphatic carbocycles. The van der Waals surface area contributed by atoms with Gasteiger partial charge in [-0.25, -0.2) is 0 Å². The maximum atomic E-state index is 12.0. The van der Waals surface area contributed by atoms with Crippen LogP contribution in [0.3, 0.4) is 0 Å². The van der Waals surface area contributed by atoms with Crippen molar-refractivity contribution in [2.75, 3.05) is 32.2 Å². The van der Waals surface area contributed by atoms with Gasteiger partial charge in [0.25, 0.3) is 5.91 Å². The fourth-order valence-corrected chi connectivity index (χ4v) is 2.05. The van der Waals surface area contributed by atoms with Crippen molar-refractivity contribution in [2.24, 2.45) is 0 Å². The highest BCUT2D eigenvalue weighted by Crippen LogP contribution is 2.25. The predicted octanol–water partition coefficient (Wildman–Crippen LogP) is 3.15. The van der Waals surface area contributed by atoms with Crippen LogP contribution in [0.2, 0.25) is 0 Å². The first-order chi connectivity index (χ1) is 12.1. The van der Waals surface area contributed by atoms with Crippen LogP contribution in [0.15, 0.2) is 30.0 Å².